The van der Waals surface area contributed by atoms with E-state index in [2.05, 4.69) is 9.47 Å². The lowest BCUT2D eigenvalue weighted by Gasteiger charge is -2.15. The molecular weight excluding hydrogens is 154 g/mol. The molecule has 0 aliphatic heterocycles. The van der Waals surface area contributed by atoms with Gasteiger partial charge in [0.15, 0.2) is 0 Å². The maximum Gasteiger partial charge on any atom is 0.379 e. The van der Waals surface area contributed by atoms with Gasteiger partial charge in [-0.15, -0.1) is 0 Å². The molecule has 0 aromatic rings. The van der Waals surface area contributed by atoms with Crippen molar-refractivity contribution in [2.24, 2.45) is 0 Å². The lowest BCUT2D eigenvalue weighted by Crippen LogP contribution is -2.27. The van der Waals surface area contributed by atoms with Crippen LogP contribution >= 0.6 is 0 Å². The maximum absolute atomic E-state index is 12.5. The van der Waals surface area contributed by atoms with Gasteiger partial charge in [-0.25, -0.2) is 0 Å². The highest BCUT2D eigenvalue weighted by Crippen LogP contribution is 2.15. The Balaban J connectivity index is 3.43. The highest BCUT2D eigenvalue weighted by Gasteiger charge is 2.29. The predicted octanol–water partition coefficient (Wildman–Crippen LogP) is 2.04. The SMILES string of the molecule is CCCOC(F)(F)COCC. The quantitative estimate of drug-likeness (QED) is 0.604. The molecule has 68 valence electrons. The highest BCUT2D eigenvalue weighted by atomic mass is 19.3. The van der Waals surface area contributed by atoms with E-state index in [1.54, 1.807) is 13.8 Å². The zero-order chi connectivity index (χ0) is 8.74. The van der Waals surface area contributed by atoms with E-state index in [9.17, 15) is 8.78 Å². The molecule has 0 aromatic carbocycles. The second-order valence-corrected chi connectivity index (χ2v) is 2.12. The summed E-state index contributed by atoms with van der Waals surface area (Å²) < 4.78 is 33.6. The van der Waals surface area contributed by atoms with E-state index in [0.717, 1.165) is 0 Å². The molecular formula is C7H14F2O2. The van der Waals surface area contributed by atoms with Gasteiger partial charge < -0.3 is 9.47 Å². The zero-order valence-electron chi connectivity index (χ0n) is 6.90. The number of halogens is 2. The van der Waals surface area contributed by atoms with E-state index in [-0.39, 0.29) is 13.2 Å². The molecule has 11 heavy (non-hydrogen) atoms. The number of ether oxygens (including phenoxy) is 2. The minimum Gasteiger partial charge on any atom is -0.373 e. The van der Waals surface area contributed by atoms with Crippen molar-refractivity contribution in [3.63, 3.8) is 0 Å². The second-order valence-electron chi connectivity index (χ2n) is 2.12. The van der Waals surface area contributed by atoms with Gasteiger partial charge in [0.25, 0.3) is 0 Å². The summed E-state index contributed by atoms with van der Waals surface area (Å²) in [5, 5.41) is 0. The summed E-state index contributed by atoms with van der Waals surface area (Å²) in [5.74, 6) is 0. The third kappa shape index (κ3) is 6.19. The van der Waals surface area contributed by atoms with Gasteiger partial charge in [-0.2, -0.15) is 8.78 Å². The standard InChI is InChI=1S/C7H14F2O2/c1-3-5-11-7(8,9)6-10-4-2/h3-6H2,1-2H3. The topological polar surface area (TPSA) is 18.5 Å². The van der Waals surface area contributed by atoms with Crippen molar-refractivity contribution in [2.45, 2.75) is 26.4 Å². The number of hydrogen-bond acceptors (Lipinski definition) is 2. The summed E-state index contributed by atoms with van der Waals surface area (Å²) in [6.07, 6.45) is -2.53. The summed E-state index contributed by atoms with van der Waals surface area (Å²) in [6.45, 7) is 3.14. The maximum atomic E-state index is 12.5. The van der Waals surface area contributed by atoms with Crippen molar-refractivity contribution < 1.29 is 18.3 Å². The largest absolute Gasteiger partial charge is 0.379 e. The van der Waals surface area contributed by atoms with Crippen molar-refractivity contribution in [1.82, 2.24) is 0 Å². The highest BCUT2D eigenvalue weighted by molar-refractivity contribution is 4.48. The molecule has 0 aliphatic rings. The average Bonchev–Trinajstić information content (AvgIpc) is 1.97. The molecule has 0 spiro atoms. The van der Waals surface area contributed by atoms with Crippen LogP contribution in [0.25, 0.3) is 0 Å². The fourth-order valence-electron chi connectivity index (χ4n) is 0.514. The molecule has 0 unspecified atom stereocenters. The summed E-state index contributed by atoms with van der Waals surface area (Å²) in [6, 6.07) is 0. The third-order valence-electron chi connectivity index (χ3n) is 0.992. The Morgan fingerprint density at radius 3 is 2.36 bits per heavy atom. The molecule has 0 radical (unpaired) electrons. The molecule has 0 N–H and O–H groups in total. The van der Waals surface area contributed by atoms with Crippen molar-refractivity contribution in [2.75, 3.05) is 19.8 Å². The van der Waals surface area contributed by atoms with Crippen LogP contribution in [0.4, 0.5) is 8.78 Å². The van der Waals surface area contributed by atoms with Crippen LogP contribution in [0.3, 0.4) is 0 Å². The average molecular weight is 168 g/mol. The van der Waals surface area contributed by atoms with Gasteiger partial charge in [0, 0.05) is 6.61 Å². The van der Waals surface area contributed by atoms with Crippen molar-refractivity contribution in [3.8, 4) is 0 Å². The first-order chi connectivity index (χ1) is 5.12. The molecule has 0 heterocycles. The van der Waals surface area contributed by atoms with Crippen LogP contribution in [-0.4, -0.2) is 25.9 Å². The van der Waals surface area contributed by atoms with Crippen LogP contribution in [0, 0.1) is 0 Å². The Hall–Kier alpha value is -0.220. The Morgan fingerprint density at radius 2 is 1.91 bits per heavy atom. The monoisotopic (exact) mass is 168 g/mol. The Bertz CT molecular complexity index is 86.4. The van der Waals surface area contributed by atoms with Gasteiger partial charge >= 0.3 is 6.11 Å². The second kappa shape index (κ2) is 5.43. The van der Waals surface area contributed by atoms with Gasteiger partial charge in [-0.3, -0.25) is 0 Å². The van der Waals surface area contributed by atoms with Crippen LogP contribution in [0.15, 0.2) is 0 Å². The molecule has 0 atom stereocenters. The van der Waals surface area contributed by atoms with Crippen LogP contribution < -0.4 is 0 Å². The third-order valence-corrected chi connectivity index (χ3v) is 0.992. The molecule has 0 amide bonds. The zero-order valence-corrected chi connectivity index (χ0v) is 6.90. The van der Waals surface area contributed by atoms with Gasteiger partial charge in [-0.1, -0.05) is 6.92 Å². The van der Waals surface area contributed by atoms with Crippen LogP contribution in [-0.2, 0) is 9.47 Å². The van der Waals surface area contributed by atoms with Crippen LogP contribution in [0.5, 0.6) is 0 Å². The number of alkyl halides is 2. The minimum absolute atomic E-state index is 0.0695. The van der Waals surface area contributed by atoms with E-state index in [4.69, 9.17) is 0 Å². The van der Waals surface area contributed by atoms with Gasteiger partial charge in [0.2, 0.25) is 0 Å². The summed E-state index contributed by atoms with van der Waals surface area (Å²) in [5.41, 5.74) is 0. The van der Waals surface area contributed by atoms with Crippen LogP contribution in [0.2, 0.25) is 0 Å². The molecule has 0 fully saturated rings. The van der Waals surface area contributed by atoms with Crippen molar-refractivity contribution >= 4 is 0 Å². The van der Waals surface area contributed by atoms with Crippen molar-refractivity contribution in [3.05, 3.63) is 0 Å². The summed E-state index contributed by atoms with van der Waals surface area (Å²) >= 11 is 0. The number of rotatable bonds is 6. The normalized spacial score (nSPS) is 12.0. The molecule has 0 aliphatic carbocycles. The molecule has 2 nitrogen and oxygen atoms in total. The smallest absolute Gasteiger partial charge is 0.373 e. The molecule has 0 saturated carbocycles. The van der Waals surface area contributed by atoms with E-state index >= 15 is 0 Å². The first kappa shape index (κ1) is 10.8. The van der Waals surface area contributed by atoms with Gasteiger partial charge in [0.1, 0.15) is 6.61 Å². The summed E-state index contributed by atoms with van der Waals surface area (Å²) in [4.78, 5) is 0. The van der Waals surface area contributed by atoms with Crippen LogP contribution in [0.1, 0.15) is 20.3 Å². The number of hydrogen-bond donors (Lipinski definition) is 0. The van der Waals surface area contributed by atoms with Gasteiger partial charge in [0.05, 0.1) is 6.61 Å². The van der Waals surface area contributed by atoms with E-state index in [0.29, 0.717) is 6.42 Å². The van der Waals surface area contributed by atoms with E-state index < -0.39 is 12.7 Å². The lowest BCUT2D eigenvalue weighted by molar-refractivity contribution is -0.263. The fraction of sp³-hybridized carbons (Fsp3) is 1.00. The molecule has 0 aromatic heterocycles. The lowest BCUT2D eigenvalue weighted by atomic mass is 10.5. The Morgan fingerprint density at radius 1 is 1.27 bits per heavy atom. The van der Waals surface area contributed by atoms with Gasteiger partial charge in [-0.05, 0) is 13.3 Å². The summed E-state index contributed by atoms with van der Waals surface area (Å²) in [7, 11) is 0. The fourth-order valence-corrected chi connectivity index (χ4v) is 0.514. The first-order valence-electron chi connectivity index (χ1n) is 3.72. The minimum atomic E-state index is -3.12. The molecule has 0 saturated heterocycles. The Labute approximate surface area is 65.5 Å². The van der Waals surface area contributed by atoms with E-state index in [1.165, 1.54) is 0 Å². The van der Waals surface area contributed by atoms with Crippen molar-refractivity contribution in [1.29, 1.82) is 0 Å². The Kier molecular flexibility index (Phi) is 5.32. The molecule has 0 bridgehead atoms. The molecule has 4 heteroatoms. The predicted molar refractivity (Wildman–Crippen MR) is 37.7 cm³/mol. The van der Waals surface area contributed by atoms with E-state index in [1.807, 2.05) is 0 Å². The molecule has 0 rings (SSSR count). The first-order valence-corrected chi connectivity index (χ1v) is 3.72.